The number of carbonyl (C=O) groups is 1. The van der Waals surface area contributed by atoms with E-state index in [1.165, 1.54) is 32.1 Å². The first-order valence-electron chi connectivity index (χ1n) is 4.57. The molecule has 0 aromatic heterocycles. The van der Waals surface area contributed by atoms with Gasteiger partial charge < -0.3 is 0 Å². The van der Waals surface area contributed by atoms with Crippen molar-refractivity contribution in [1.82, 2.24) is 0 Å². The predicted octanol–water partition coefficient (Wildman–Crippen LogP) is 2.32. The van der Waals surface area contributed by atoms with Gasteiger partial charge in [0, 0.05) is 0 Å². The Morgan fingerprint density at radius 2 is 2.18 bits per heavy atom. The average molecular weight is 150 g/mol. The molecule has 0 aromatic carbocycles. The van der Waals surface area contributed by atoms with E-state index in [4.69, 9.17) is 0 Å². The monoisotopic (exact) mass is 150 g/mol. The maximum Gasteiger partial charge on any atom is 0.145 e. The second-order valence-electron chi connectivity index (χ2n) is 3.71. The molecule has 0 radical (unpaired) electrons. The SMILES string of the molecule is O=CC1=CC[C@H]2CCCC[C@H]12. The Morgan fingerprint density at radius 3 is 3.00 bits per heavy atom. The van der Waals surface area contributed by atoms with Gasteiger partial charge in [-0.05, 0) is 36.7 Å². The second kappa shape index (κ2) is 2.80. The maximum absolute atomic E-state index is 10.6. The highest BCUT2D eigenvalue weighted by atomic mass is 16.1. The van der Waals surface area contributed by atoms with Crippen LogP contribution in [0.2, 0.25) is 0 Å². The van der Waals surface area contributed by atoms with Crippen LogP contribution in [0.5, 0.6) is 0 Å². The molecular formula is C10H14O. The summed E-state index contributed by atoms with van der Waals surface area (Å²) in [6.45, 7) is 0. The lowest BCUT2D eigenvalue weighted by atomic mass is 9.79. The number of fused-ring (bicyclic) bond motifs is 1. The molecule has 2 aliphatic rings. The van der Waals surface area contributed by atoms with Crippen molar-refractivity contribution in [2.75, 3.05) is 0 Å². The van der Waals surface area contributed by atoms with Crippen LogP contribution in [-0.4, -0.2) is 6.29 Å². The molecule has 2 aliphatic carbocycles. The minimum Gasteiger partial charge on any atom is -0.298 e. The van der Waals surface area contributed by atoms with Crippen molar-refractivity contribution in [1.29, 1.82) is 0 Å². The van der Waals surface area contributed by atoms with Crippen molar-refractivity contribution >= 4 is 6.29 Å². The summed E-state index contributed by atoms with van der Waals surface area (Å²) < 4.78 is 0. The van der Waals surface area contributed by atoms with Gasteiger partial charge in [-0.25, -0.2) is 0 Å². The molecule has 11 heavy (non-hydrogen) atoms. The highest BCUT2D eigenvalue weighted by Gasteiger charge is 2.30. The van der Waals surface area contributed by atoms with E-state index in [1.807, 2.05) is 0 Å². The fourth-order valence-corrected chi connectivity index (χ4v) is 2.50. The third-order valence-electron chi connectivity index (χ3n) is 3.13. The molecule has 1 fully saturated rings. The number of hydrogen-bond acceptors (Lipinski definition) is 1. The van der Waals surface area contributed by atoms with Crippen molar-refractivity contribution in [3.63, 3.8) is 0 Å². The van der Waals surface area contributed by atoms with Gasteiger partial charge in [0.05, 0.1) is 0 Å². The zero-order valence-corrected chi connectivity index (χ0v) is 6.75. The molecule has 0 saturated heterocycles. The fourth-order valence-electron chi connectivity index (χ4n) is 2.50. The van der Waals surface area contributed by atoms with Gasteiger partial charge in [-0.2, -0.15) is 0 Å². The molecule has 1 saturated carbocycles. The zero-order chi connectivity index (χ0) is 7.68. The van der Waals surface area contributed by atoms with Crippen LogP contribution in [-0.2, 0) is 4.79 Å². The van der Waals surface area contributed by atoms with Crippen molar-refractivity contribution in [2.45, 2.75) is 32.1 Å². The van der Waals surface area contributed by atoms with E-state index in [1.54, 1.807) is 0 Å². The van der Waals surface area contributed by atoms with E-state index in [-0.39, 0.29) is 0 Å². The topological polar surface area (TPSA) is 17.1 Å². The summed E-state index contributed by atoms with van der Waals surface area (Å²) in [6, 6.07) is 0. The molecule has 1 nitrogen and oxygen atoms in total. The molecule has 2 atom stereocenters. The first kappa shape index (κ1) is 7.08. The molecule has 0 spiro atoms. The quantitative estimate of drug-likeness (QED) is 0.524. The Bertz CT molecular complexity index is 193. The van der Waals surface area contributed by atoms with E-state index in [0.29, 0.717) is 5.92 Å². The van der Waals surface area contributed by atoms with Gasteiger partial charge in [-0.1, -0.05) is 18.9 Å². The van der Waals surface area contributed by atoms with Crippen molar-refractivity contribution in [3.05, 3.63) is 11.6 Å². The highest BCUT2D eigenvalue weighted by molar-refractivity contribution is 5.75. The molecule has 0 N–H and O–H groups in total. The summed E-state index contributed by atoms with van der Waals surface area (Å²) in [7, 11) is 0. The molecular weight excluding hydrogens is 136 g/mol. The Kier molecular flexibility index (Phi) is 1.80. The fraction of sp³-hybridized carbons (Fsp3) is 0.700. The Labute approximate surface area is 67.5 Å². The smallest absolute Gasteiger partial charge is 0.145 e. The third-order valence-corrected chi connectivity index (χ3v) is 3.13. The van der Waals surface area contributed by atoms with Crippen molar-refractivity contribution in [3.8, 4) is 0 Å². The zero-order valence-electron chi connectivity index (χ0n) is 6.75. The molecule has 60 valence electrons. The number of carbonyl (C=O) groups excluding carboxylic acids is 1. The van der Waals surface area contributed by atoms with Gasteiger partial charge in [-0.15, -0.1) is 0 Å². The minimum atomic E-state index is 0.640. The van der Waals surface area contributed by atoms with Gasteiger partial charge in [0.2, 0.25) is 0 Å². The van der Waals surface area contributed by atoms with Crippen molar-refractivity contribution < 1.29 is 4.79 Å². The lowest BCUT2D eigenvalue weighted by molar-refractivity contribution is -0.105. The van der Waals surface area contributed by atoms with Gasteiger partial charge in [0.25, 0.3) is 0 Å². The summed E-state index contributed by atoms with van der Waals surface area (Å²) in [5.41, 5.74) is 1.09. The average Bonchev–Trinajstić information content (AvgIpc) is 2.47. The van der Waals surface area contributed by atoms with Crippen LogP contribution in [0.1, 0.15) is 32.1 Å². The number of hydrogen-bond donors (Lipinski definition) is 0. The molecule has 2 rings (SSSR count). The molecule has 0 aliphatic heterocycles. The van der Waals surface area contributed by atoms with Gasteiger partial charge in [0.15, 0.2) is 0 Å². The molecule has 1 heteroatoms. The van der Waals surface area contributed by atoms with Gasteiger partial charge in [0.1, 0.15) is 6.29 Å². The number of rotatable bonds is 1. The molecule has 0 aromatic rings. The minimum absolute atomic E-state index is 0.640. The molecule has 0 bridgehead atoms. The Balaban J connectivity index is 2.11. The van der Waals surface area contributed by atoms with Crippen LogP contribution in [0.25, 0.3) is 0 Å². The third kappa shape index (κ3) is 1.13. The van der Waals surface area contributed by atoms with Crippen LogP contribution < -0.4 is 0 Å². The summed E-state index contributed by atoms with van der Waals surface area (Å²) in [5.74, 6) is 1.46. The lowest BCUT2D eigenvalue weighted by Crippen LogP contribution is -2.16. The maximum atomic E-state index is 10.6. The summed E-state index contributed by atoms with van der Waals surface area (Å²) in [4.78, 5) is 10.6. The largest absolute Gasteiger partial charge is 0.298 e. The number of aldehydes is 1. The van der Waals surface area contributed by atoms with E-state index < -0.39 is 0 Å². The molecule has 0 unspecified atom stereocenters. The van der Waals surface area contributed by atoms with Crippen LogP contribution in [0.3, 0.4) is 0 Å². The van der Waals surface area contributed by atoms with E-state index in [0.717, 1.165) is 17.8 Å². The van der Waals surface area contributed by atoms with Crippen LogP contribution in [0.15, 0.2) is 11.6 Å². The van der Waals surface area contributed by atoms with Crippen LogP contribution in [0, 0.1) is 11.8 Å². The summed E-state index contributed by atoms with van der Waals surface area (Å²) in [6.07, 6.45) is 9.68. The summed E-state index contributed by atoms with van der Waals surface area (Å²) in [5, 5.41) is 0. The van der Waals surface area contributed by atoms with Gasteiger partial charge >= 0.3 is 0 Å². The van der Waals surface area contributed by atoms with Gasteiger partial charge in [-0.3, -0.25) is 4.79 Å². The summed E-state index contributed by atoms with van der Waals surface area (Å²) >= 11 is 0. The van der Waals surface area contributed by atoms with Crippen LogP contribution >= 0.6 is 0 Å². The van der Waals surface area contributed by atoms with E-state index >= 15 is 0 Å². The standard InChI is InChI=1S/C10H14O/c11-7-9-6-5-8-3-1-2-4-10(8)9/h6-8,10H,1-5H2/t8-,10+/m1/s1. The Morgan fingerprint density at radius 1 is 1.36 bits per heavy atom. The normalized spacial score (nSPS) is 36.2. The van der Waals surface area contributed by atoms with Crippen molar-refractivity contribution in [2.24, 2.45) is 11.8 Å². The number of allylic oxidation sites excluding steroid dienone is 2. The first-order chi connectivity index (χ1) is 5.42. The lowest BCUT2D eigenvalue weighted by Gasteiger charge is -2.25. The molecule has 0 amide bonds. The Hall–Kier alpha value is -0.590. The van der Waals surface area contributed by atoms with Crippen LogP contribution in [0.4, 0.5) is 0 Å². The second-order valence-corrected chi connectivity index (χ2v) is 3.71. The predicted molar refractivity (Wildman–Crippen MR) is 44.2 cm³/mol. The first-order valence-corrected chi connectivity index (χ1v) is 4.57. The van der Waals surface area contributed by atoms with E-state index in [2.05, 4.69) is 6.08 Å². The van der Waals surface area contributed by atoms with E-state index in [9.17, 15) is 4.79 Å². The molecule has 0 heterocycles. The highest BCUT2D eigenvalue weighted by Crippen LogP contribution is 2.41.